The summed E-state index contributed by atoms with van der Waals surface area (Å²) in [6.07, 6.45) is 2.03. The first kappa shape index (κ1) is 13.0. The number of β-amino-alcohol motifs (C(OH)–C–C–N with tert-alkyl or cyclic N) is 1. The van der Waals surface area contributed by atoms with Crippen molar-refractivity contribution < 1.29 is 5.11 Å². The van der Waals surface area contributed by atoms with E-state index in [9.17, 15) is 5.11 Å². The quantitative estimate of drug-likeness (QED) is 0.739. The van der Waals surface area contributed by atoms with Gasteiger partial charge < -0.3 is 10.4 Å². The first-order chi connectivity index (χ1) is 6.54. The molecule has 0 radical (unpaired) electrons. The fourth-order valence-electron chi connectivity index (χ4n) is 2.75. The van der Waals surface area contributed by atoms with Crippen LogP contribution in [0, 0.1) is 11.3 Å². The molecule has 1 saturated carbocycles. The minimum absolute atomic E-state index is 0.0855. The van der Waals surface area contributed by atoms with E-state index < -0.39 is 5.60 Å². The maximum atomic E-state index is 10.6. The molecule has 2 unspecified atom stereocenters. The number of hydrogen-bond acceptors (Lipinski definition) is 2. The molecule has 0 aromatic rings. The van der Waals surface area contributed by atoms with Crippen LogP contribution in [0.4, 0.5) is 0 Å². The van der Waals surface area contributed by atoms with Crippen molar-refractivity contribution in [2.45, 2.75) is 65.5 Å². The second-order valence-electron chi connectivity index (χ2n) is 7.15. The lowest BCUT2D eigenvalue weighted by atomic mass is 9.88. The molecule has 0 aromatic carbocycles. The predicted molar refractivity (Wildman–Crippen MR) is 64.9 cm³/mol. The van der Waals surface area contributed by atoms with Crippen LogP contribution >= 0.6 is 0 Å². The third kappa shape index (κ3) is 3.46. The monoisotopic (exact) mass is 213 g/mol. The molecular weight excluding hydrogens is 186 g/mol. The highest BCUT2D eigenvalue weighted by Crippen LogP contribution is 2.47. The van der Waals surface area contributed by atoms with Crippen LogP contribution < -0.4 is 5.32 Å². The van der Waals surface area contributed by atoms with Gasteiger partial charge in [0.25, 0.3) is 0 Å². The van der Waals surface area contributed by atoms with Crippen LogP contribution in [0.5, 0.6) is 0 Å². The molecule has 1 rings (SSSR count). The third-order valence-corrected chi connectivity index (χ3v) is 3.49. The van der Waals surface area contributed by atoms with Crippen molar-refractivity contribution in [3.05, 3.63) is 0 Å². The normalized spacial score (nSPS) is 35.8. The van der Waals surface area contributed by atoms with Crippen LogP contribution in [-0.4, -0.2) is 22.8 Å². The first-order valence-electron chi connectivity index (χ1n) is 6.02. The predicted octanol–water partition coefficient (Wildman–Crippen LogP) is 2.56. The molecule has 1 aliphatic carbocycles. The fourth-order valence-corrected chi connectivity index (χ4v) is 2.75. The Hall–Kier alpha value is -0.0800. The van der Waals surface area contributed by atoms with E-state index in [2.05, 4.69) is 46.9 Å². The van der Waals surface area contributed by atoms with E-state index in [0.29, 0.717) is 12.5 Å². The standard InChI is InChI=1S/C13H27NO/c1-10-7-12(5,6)8-13(10,15)9-14-11(2,3)4/h10,14-15H,7-9H2,1-6H3. The van der Waals surface area contributed by atoms with Gasteiger partial charge in [-0.1, -0.05) is 20.8 Å². The van der Waals surface area contributed by atoms with Crippen molar-refractivity contribution >= 4 is 0 Å². The van der Waals surface area contributed by atoms with Crippen LogP contribution in [0.25, 0.3) is 0 Å². The molecule has 0 amide bonds. The number of rotatable bonds is 2. The Labute approximate surface area is 94.5 Å². The van der Waals surface area contributed by atoms with Crippen molar-refractivity contribution in [2.24, 2.45) is 11.3 Å². The summed E-state index contributed by atoms with van der Waals surface area (Å²) in [4.78, 5) is 0. The van der Waals surface area contributed by atoms with Crippen LogP contribution in [0.2, 0.25) is 0 Å². The lowest BCUT2D eigenvalue weighted by Crippen LogP contribution is -2.49. The van der Waals surface area contributed by atoms with E-state index in [4.69, 9.17) is 0 Å². The molecule has 15 heavy (non-hydrogen) atoms. The molecule has 0 spiro atoms. The van der Waals surface area contributed by atoms with Gasteiger partial charge in [0, 0.05) is 12.1 Å². The highest BCUT2D eigenvalue weighted by Gasteiger charge is 2.47. The molecule has 1 aliphatic rings. The molecule has 2 atom stereocenters. The Morgan fingerprint density at radius 2 is 1.87 bits per heavy atom. The summed E-state index contributed by atoms with van der Waals surface area (Å²) in [5.41, 5.74) is -0.146. The Bertz CT molecular complexity index is 229. The molecule has 2 N–H and O–H groups in total. The van der Waals surface area contributed by atoms with Crippen LogP contribution in [-0.2, 0) is 0 Å². The molecule has 0 bridgehead atoms. The molecule has 0 heterocycles. The van der Waals surface area contributed by atoms with E-state index in [1.54, 1.807) is 0 Å². The second-order valence-corrected chi connectivity index (χ2v) is 7.15. The zero-order chi connectivity index (χ0) is 11.9. The van der Waals surface area contributed by atoms with Gasteiger partial charge in [0.2, 0.25) is 0 Å². The summed E-state index contributed by atoms with van der Waals surface area (Å²) in [5, 5.41) is 14.0. The van der Waals surface area contributed by atoms with Gasteiger partial charge in [-0.2, -0.15) is 0 Å². The first-order valence-corrected chi connectivity index (χ1v) is 6.02. The summed E-state index contributed by atoms with van der Waals surface area (Å²) < 4.78 is 0. The Morgan fingerprint density at radius 3 is 2.20 bits per heavy atom. The molecule has 0 aliphatic heterocycles. The summed E-state index contributed by atoms with van der Waals surface area (Å²) in [6, 6.07) is 0. The van der Waals surface area contributed by atoms with Crippen LogP contribution in [0.1, 0.15) is 54.4 Å². The molecular formula is C13H27NO. The second kappa shape index (κ2) is 3.74. The number of hydrogen-bond donors (Lipinski definition) is 2. The van der Waals surface area contributed by atoms with Crippen LogP contribution in [0.15, 0.2) is 0 Å². The van der Waals surface area contributed by atoms with Gasteiger partial charge in [-0.25, -0.2) is 0 Å². The summed E-state index contributed by atoms with van der Waals surface area (Å²) in [7, 11) is 0. The minimum Gasteiger partial charge on any atom is -0.388 e. The maximum absolute atomic E-state index is 10.6. The van der Waals surface area contributed by atoms with E-state index in [1.807, 2.05) is 0 Å². The van der Waals surface area contributed by atoms with E-state index in [0.717, 1.165) is 12.8 Å². The average Bonchev–Trinajstić information content (AvgIpc) is 2.17. The number of aliphatic hydroxyl groups is 1. The van der Waals surface area contributed by atoms with E-state index in [-0.39, 0.29) is 11.0 Å². The summed E-state index contributed by atoms with van der Waals surface area (Å²) in [5.74, 6) is 0.391. The molecule has 2 nitrogen and oxygen atoms in total. The molecule has 0 aromatic heterocycles. The smallest absolute Gasteiger partial charge is 0.0802 e. The molecule has 1 fully saturated rings. The van der Waals surface area contributed by atoms with Gasteiger partial charge in [0.1, 0.15) is 0 Å². The zero-order valence-corrected chi connectivity index (χ0v) is 11.1. The van der Waals surface area contributed by atoms with Crippen molar-refractivity contribution in [1.29, 1.82) is 0 Å². The van der Waals surface area contributed by atoms with Crippen molar-refractivity contribution in [2.75, 3.05) is 6.54 Å². The van der Waals surface area contributed by atoms with Crippen molar-refractivity contribution in [3.63, 3.8) is 0 Å². The lowest BCUT2D eigenvalue weighted by Gasteiger charge is -2.33. The third-order valence-electron chi connectivity index (χ3n) is 3.49. The van der Waals surface area contributed by atoms with Gasteiger partial charge >= 0.3 is 0 Å². The van der Waals surface area contributed by atoms with Crippen molar-refractivity contribution in [1.82, 2.24) is 5.32 Å². The topological polar surface area (TPSA) is 32.3 Å². The maximum Gasteiger partial charge on any atom is 0.0802 e. The fraction of sp³-hybridized carbons (Fsp3) is 1.00. The summed E-state index contributed by atoms with van der Waals surface area (Å²) in [6.45, 7) is 13.8. The van der Waals surface area contributed by atoms with Crippen LogP contribution in [0.3, 0.4) is 0 Å². The SMILES string of the molecule is CC1CC(C)(C)CC1(O)CNC(C)(C)C. The van der Waals surface area contributed by atoms with Gasteiger partial charge in [-0.05, 0) is 44.9 Å². The summed E-state index contributed by atoms with van der Waals surface area (Å²) >= 11 is 0. The zero-order valence-electron chi connectivity index (χ0n) is 11.1. The van der Waals surface area contributed by atoms with E-state index >= 15 is 0 Å². The molecule has 2 heteroatoms. The van der Waals surface area contributed by atoms with Gasteiger partial charge in [0.15, 0.2) is 0 Å². The lowest BCUT2D eigenvalue weighted by molar-refractivity contribution is -0.0000687. The van der Waals surface area contributed by atoms with E-state index in [1.165, 1.54) is 0 Å². The van der Waals surface area contributed by atoms with Gasteiger partial charge in [-0.15, -0.1) is 0 Å². The molecule has 90 valence electrons. The van der Waals surface area contributed by atoms with Crippen molar-refractivity contribution in [3.8, 4) is 0 Å². The Balaban J connectivity index is 2.60. The number of nitrogens with one attached hydrogen (secondary N) is 1. The average molecular weight is 213 g/mol. The Kier molecular flexibility index (Phi) is 3.24. The van der Waals surface area contributed by atoms with Gasteiger partial charge in [-0.3, -0.25) is 0 Å². The molecule has 0 saturated heterocycles. The minimum atomic E-state index is -0.517. The highest BCUT2D eigenvalue weighted by molar-refractivity contribution is 5.00. The Morgan fingerprint density at radius 1 is 1.33 bits per heavy atom. The largest absolute Gasteiger partial charge is 0.388 e. The highest BCUT2D eigenvalue weighted by atomic mass is 16.3. The van der Waals surface area contributed by atoms with Gasteiger partial charge in [0.05, 0.1) is 5.60 Å².